The van der Waals surface area contributed by atoms with Crippen LogP contribution < -0.4 is 15.4 Å². The van der Waals surface area contributed by atoms with Crippen LogP contribution in [0.1, 0.15) is 31.0 Å². The zero-order chi connectivity index (χ0) is 19.5. The average Bonchev–Trinajstić information content (AvgIpc) is 2.74. The molecule has 0 spiro atoms. The molecule has 2 N–H and O–H groups in total. The van der Waals surface area contributed by atoms with Gasteiger partial charge in [-0.25, -0.2) is 4.98 Å². The topological polar surface area (TPSA) is 61.8 Å². The first kappa shape index (κ1) is 24.2. The summed E-state index contributed by atoms with van der Waals surface area (Å²) in [5, 5.41) is 6.80. The largest absolute Gasteiger partial charge is 0.481 e. The lowest BCUT2D eigenvalue weighted by Gasteiger charge is -2.30. The predicted octanol–water partition coefficient (Wildman–Crippen LogP) is 3.46. The molecule has 0 radical (unpaired) electrons. The lowest BCUT2D eigenvalue weighted by atomic mass is 10.1. The number of benzene rings is 1. The number of nitrogens with one attached hydrogen (secondary N) is 2. The van der Waals surface area contributed by atoms with Gasteiger partial charge in [-0.15, -0.1) is 24.0 Å². The number of likely N-dealkylation sites (N-methyl/N-ethyl adjacent to an activating group) is 1. The van der Waals surface area contributed by atoms with Crippen LogP contribution >= 0.6 is 24.0 Å². The van der Waals surface area contributed by atoms with E-state index in [0.717, 1.165) is 31.2 Å². The van der Waals surface area contributed by atoms with Crippen LogP contribution in [0, 0.1) is 0 Å². The second kappa shape index (κ2) is 13.3. The fourth-order valence-electron chi connectivity index (χ4n) is 3.13. The Labute approximate surface area is 185 Å². The van der Waals surface area contributed by atoms with Crippen molar-refractivity contribution in [2.45, 2.75) is 26.4 Å². The molecule has 0 bridgehead atoms. The second-order valence-electron chi connectivity index (χ2n) is 6.13. The number of rotatable bonds is 9. The highest BCUT2D eigenvalue weighted by atomic mass is 127. The van der Waals surface area contributed by atoms with Gasteiger partial charge in [-0.3, -0.25) is 9.89 Å². The van der Waals surface area contributed by atoms with E-state index in [1.165, 1.54) is 5.56 Å². The van der Waals surface area contributed by atoms with Gasteiger partial charge in [-0.2, -0.15) is 0 Å². The van der Waals surface area contributed by atoms with Gasteiger partial charge in [-0.1, -0.05) is 50.2 Å². The van der Waals surface area contributed by atoms with Gasteiger partial charge in [0.2, 0.25) is 5.88 Å². The molecule has 0 fully saturated rings. The molecular weight excluding hydrogens is 465 g/mol. The van der Waals surface area contributed by atoms with Crippen molar-refractivity contribution in [2.75, 3.05) is 33.8 Å². The standard InChI is InChI=1S/C21H31N5O.HI/c1-5-26(6-2)19(17-11-8-7-9-12-17)16-25-21(22-3)24-15-18-13-10-14-23-20(18)27-4;/h7-14,19H,5-6,15-16H2,1-4H3,(H2,22,24,25);1H. The zero-order valence-electron chi connectivity index (χ0n) is 17.2. The molecule has 1 atom stereocenters. The number of ether oxygens (including phenoxy) is 1. The first-order valence-corrected chi connectivity index (χ1v) is 9.44. The van der Waals surface area contributed by atoms with Crippen LogP contribution in [0.2, 0.25) is 0 Å². The molecule has 0 amide bonds. The number of halogens is 1. The van der Waals surface area contributed by atoms with Gasteiger partial charge in [0.05, 0.1) is 13.2 Å². The van der Waals surface area contributed by atoms with Gasteiger partial charge in [0.25, 0.3) is 0 Å². The third-order valence-electron chi connectivity index (χ3n) is 4.61. The summed E-state index contributed by atoms with van der Waals surface area (Å²) in [6.45, 7) is 7.75. The van der Waals surface area contributed by atoms with Crippen molar-refractivity contribution in [1.29, 1.82) is 0 Å². The van der Waals surface area contributed by atoms with E-state index >= 15 is 0 Å². The summed E-state index contributed by atoms with van der Waals surface area (Å²) >= 11 is 0. The van der Waals surface area contributed by atoms with E-state index in [4.69, 9.17) is 4.74 Å². The Balaban J connectivity index is 0.00000392. The molecule has 154 valence electrons. The molecule has 0 aliphatic rings. The molecule has 6 nitrogen and oxygen atoms in total. The molecule has 0 aliphatic carbocycles. The third-order valence-corrected chi connectivity index (χ3v) is 4.61. The number of hydrogen-bond donors (Lipinski definition) is 2. The summed E-state index contributed by atoms with van der Waals surface area (Å²) in [5.74, 6) is 1.39. The molecular formula is C21H32IN5O. The van der Waals surface area contributed by atoms with E-state index in [2.05, 4.69) is 69.7 Å². The van der Waals surface area contributed by atoms with Crippen LogP contribution in [-0.4, -0.2) is 49.6 Å². The smallest absolute Gasteiger partial charge is 0.218 e. The van der Waals surface area contributed by atoms with Gasteiger partial charge < -0.3 is 15.4 Å². The lowest BCUT2D eigenvalue weighted by Crippen LogP contribution is -2.43. The average molecular weight is 497 g/mol. The fourth-order valence-corrected chi connectivity index (χ4v) is 3.13. The quantitative estimate of drug-likeness (QED) is 0.316. The number of methoxy groups -OCH3 is 1. The molecule has 7 heteroatoms. The molecule has 1 unspecified atom stereocenters. The molecule has 1 aromatic heterocycles. The van der Waals surface area contributed by atoms with Crippen molar-refractivity contribution in [1.82, 2.24) is 20.5 Å². The summed E-state index contributed by atoms with van der Waals surface area (Å²) in [5.41, 5.74) is 2.30. The Morgan fingerprint density at radius 3 is 2.43 bits per heavy atom. The number of aliphatic imine (C=N–C) groups is 1. The van der Waals surface area contributed by atoms with Crippen LogP contribution in [0.3, 0.4) is 0 Å². The van der Waals surface area contributed by atoms with E-state index in [0.29, 0.717) is 12.4 Å². The monoisotopic (exact) mass is 497 g/mol. The summed E-state index contributed by atoms with van der Waals surface area (Å²) in [7, 11) is 3.41. The number of guanidine groups is 1. The number of pyridine rings is 1. The maximum atomic E-state index is 5.31. The van der Waals surface area contributed by atoms with E-state index in [9.17, 15) is 0 Å². The van der Waals surface area contributed by atoms with E-state index < -0.39 is 0 Å². The molecule has 2 rings (SSSR count). The van der Waals surface area contributed by atoms with Gasteiger partial charge >= 0.3 is 0 Å². The first-order chi connectivity index (χ1) is 13.2. The van der Waals surface area contributed by atoms with Crippen LogP contribution in [0.15, 0.2) is 53.7 Å². The van der Waals surface area contributed by atoms with Crippen molar-refractivity contribution in [3.8, 4) is 5.88 Å². The van der Waals surface area contributed by atoms with Crippen molar-refractivity contribution < 1.29 is 4.74 Å². The molecule has 1 aromatic carbocycles. The summed E-state index contributed by atoms with van der Waals surface area (Å²) in [6.07, 6.45) is 1.73. The van der Waals surface area contributed by atoms with Crippen LogP contribution in [0.25, 0.3) is 0 Å². The normalized spacial score (nSPS) is 12.2. The van der Waals surface area contributed by atoms with Crippen LogP contribution in [0.4, 0.5) is 0 Å². The fraction of sp³-hybridized carbons (Fsp3) is 0.429. The van der Waals surface area contributed by atoms with Gasteiger partial charge in [0.15, 0.2) is 5.96 Å². The van der Waals surface area contributed by atoms with Crippen molar-refractivity contribution in [3.63, 3.8) is 0 Å². The number of hydrogen-bond acceptors (Lipinski definition) is 4. The molecule has 0 saturated heterocycles. The minimum atomic E-state index is 0. The van der Waals surface area contributed by atoms with E-state index in [-0.39, 0.29) is 30.0 Å². The molecule has 0 saturated carbocycles. The SMILES string of the molecule is CCN(CC)C(CNC(=NC)NCc1cccnc1OC)c1ccccc1.I. The Morgan fingerprint density at radius 1 is 1.11 bits per heavy atom. The Hall–Kier alpha value is -1.87. The molecule has 28 heavy (non-hydrogen) atoms. The maximum absolute atomic E-state index is 5.31. The maximum Gasteiger partial charge on any atom is 0.218 e. The van der Waals surface area contributed by atoms with E-state index in [1.807, 2.05) is 12.1 Å². The number of aromatic nitrogens is 1. The van der Waals surface area contributed by atoms with Crippen molar-refractivity contribution in [3.05, 3.63) is 59.8 Å². The third kappa shape index (κ3) is 6.94. The minimum Gasteiger partial charge on any atom is -0.481 e. The highest BCUT2D eigenvalue weighted by Gasteiger charge is 2.18. The second-order valence-corrected chi connectivity index (χ2v) is 6.13. The summed E-state index contributed by atoms with van der Waals surface area (Å²) in [6, 6.07) is 14.8. The number of nitrogens with zero attached hydrogens (tertiary/aromatic N) is 3. The van der Waals surface area contributed by atoms with Crippen LogP contribution in [0.5, 0.6) is 5.88 Å². The van der Waals surface area contributed by atoms with Gasteiger partial charge in [-0.05, 0) is 24.7 Å². The van der Waals surface area contributed by atoms with E-state index in [1.54, 1.807) is 20.4 Å². The molecule has 2 aromatic rings. The van der Waals surface area contributed by atoms with Gasteiger partial charge in [0, 0.05) is 31.9 Å². The molecule has 0 aliphatic heterocycles. The highest BCUT2D eigenvalue weighted by Crippen LogP contribution is 2.19. The Bertz CT molecular complexity index is 707. The first-order valence-electron chi connectivity index (χ1n) is 9.44. The van der Waals surface area contributed by atoms with Gasteiger partial charge in [0.1, 0.15) is 0 Å². The van der Waals surface area contributed by atoms with Crippen LogP contribution in [-0.2, 0) is 6.54 Å². The summed E-state index contributed by atoms with van der Waals surface area (Å²) < 4.78 is 5.31. The molecule has 1 heterocycles. The highest BCUT2D eigenvalue weighted by molar-refractivity contribution is 14.0. The Morgan fingerprint density at radius 2 is 1.82 bits per heavy atom. The Kier molecular flexibility index (Phi) is 11.5. The zero-order valence-corrected chi connectivity index (χ0v) is 19.5. The van der Waals surface area contributed by atoms with Crippen molar-refractivity contribution >= 4 is 29.9 Å². The minimum absolute atomic E-state index is 0. The summed E-state index contributed by atoms with van der Waals surface area (Å²) in [4.78, 5) is 11.0. The van der Waals surface area contributed by atoms with Crippen molar-refractivity contribution in [2.24, 2.45) is 4.99 Å². The lowest BCUT2D eigenvalue weighted by molar-refractivity contribution is 0.219. The predicted molar refractivity (Wildman–Crippen MR) is 127 cm³/mol.